The quantitative estimate of drug-likeness (QED) is 0.502. The molecular weight excluding hydrogens is 452 g/mol. The molecule has 1 fully saturated rings. The highest BCUT2D eigenvalue weighted by atomic mass is 79.9. The summed E-state index contributed by atoms with van der Waals surface area (Å²) in [5.41, 5.74) is 1.63. The van der Waals surface area contributed by atoms with E-state index >= 15 is 0 Å². The Kier molecular flexibility index (Phi) is 6.56. The summed E-state index contributed by atoms with van der Waals surface area (Å²) in [6.07, 6.45) is 2.28. The lowest BCUT2D eigenvalue weighted by atomic mass is 10.1. The van der Waals surface area contributed by atoms with Gasteiger partial charge in [0.15, 0.2) is 11.5 Å². The summed E-state index contributed by atoms with van der Waals surface area (Å²) < 4.78 is 11.8. The van der Waals surface area contributed by atoms with Crippen LogP contribution in [-0.2, 0) is 9.59 Å². The Labute approximate surface area is 182 Å². The summed E-state index contributed by atoms with van der Waals surface area (Å²) in [6, 6.07) is 9.37. The molecule has 0 unspecified atom stereocenters. The van der Waals surface area contributed by atoms with Crippen LogP contribution >= 0.6 is 15.9 Å². The summed E-state index contributed by atoms with van der Waals surface area (Å²) in [4.78, 5) is 38.7. The Morgan fingerprint density at radius 1 is 1.10 bits per heavy atom. The number of aryl methyl sites for hydroxylation is 1. The third-order valence-corrected chi connectivity index (χ3v) is 5.35. The Bertz CT molecular complexity index is 1050. The number of nitrogens with one attached hydrogen (secondary N) is 1. The molecular formula is C22H21BrN2O5. The van der Waals surface area contributed by atoms with Crippen LogP contribution < -0.4 is 19.7 Å². The van der Waals surface area contributed by atoms with Crippen LogP contribution in [0.3, 0.4) is 0 Å². The molecule has 0 spiro atoms. The van der Waals surface area contributed by atoms with E-state index in [1.807, 2.05) is 13.8 Å². The average molecular weight is 473 g/mol. The highest BCUT2D eigenvalue weighted by molar-refractivity contribution is 9.10. The van der Waals surface area contributed by atoms with Gasteiger partial charge in [0.05, 0.1) is 19.4 Å². The van der Waals surface area contributed by atoms with Crippen molar-refractivity contribution < 1.29 is 23.9 Å². The number of halogens is 1. The zero-order chi connectivity index (χ0) is 21.8. The monoisotopic (exact) mass is 472 g/mol. The van der Waals surface area contributed by atoms with E-state index in [0.29, 0.717) is 29.4 Å². The van der Waals surface area contributed by atoms with Gasteiger partial charge in [-0.05, 0) is 60.9 Å². The zero-order valence-electron chi connectivity index (χ0n) is 16.8. The van der Waals surface area contributed by atoms with Crippen LogP contribution in [0.4, 0.5) is 10.5 Å². The van der Waals surface area contributed by atoms with Crippen molar-refractivity contribution >= 4 is 45.5 Å². The first-order valence-corrected chi connectivity index (χ1v) is 10.1. The van der Waals surface area contributed by atoms with Crippen molar-refractivity contribution in [3.63, 3.8) is 0 Å². The van der Waals surface area contributed by atoms with Crippen LogP contribution in [0.2, 0.25) is 0 Å². The van der Waals surface area contributed by atoms with Crippen molar-refractivity contribution in [2.45, 2.75) is 20.3 Å². The number of hydrogen-bond donors (Lipinski definition) is 1. The summed E-state index contributed by atoms with van der Waals surface area (Å²) >= 11 is 3.39. The molecule has 2 aromatic rings. The molecule has 1 saturated heterocycles. The maximum atomic E-state index is 13.0. The van der Waals surface area contributed by atoms with Gasteiger partial charge < -0.3 is 9.47 Å². The molecule has 4 amide bonds. The van der Waals surface area contributed by atoms with Gasteiger partial charge in [0.1, 0.15) is 5.57 Å². The highest BCUT2D eigenvalue weighted by Gasteiger charge is 2.37. The van der Waals surface area contributed by atoms with Crippen LogP contribution in [-0.4, -0.2) is 31.6 Å². The number of urea groups is 1. The van der Waals surface area contributed by atoms with E-state index in [1.54, 1.807) is 36.4 Å². The zero-order valence-corrected chi connectivity index (χ0v) is 18.4. The van der Waals surface area contributed by atoms with Crippen molar-refractivity contribution in [3.8, 4) is 11.5 Å². The number of hydrogen-bond acceptors (Lipinski definition) is 5. The van der Waals surface area contributed by atoms with Gasteiger partial charge >= 0.3 is 6.03 Å². The minimum Gasteiger partial charge on any atom is -0.493 e. The molecule has 0 aromatic heterocycles. The largest absolute Gasteiger partial charge is 0.493 e. The van der Waals surface area contributed by atoms with Crippen molar-refractivity contribution in [1.29, 1.82) is 0 Å². The molecule has 2 aromatic carbocycles. The number of ether oxygens (including phenoxy) is 2. The molecule has 0 atom stereocenters. The van der Waals surface area contributed by atoms with Crippen LogP contribution in [0.1, 0.15) is 24.5 Å². The molecule has 0 saturated carbocycles. The first-order chi connectivity index (χ1) is 14.3. The van der Waals surface area contributed by atoms with E-state index in [2.05, 4.69) is 21.2 Å². The van der Waals surface area contributed by atoms with Crippen LogP contribution in [0.25, 0.3) is 6.08 Å². The number of imide groups is 2. The van der Waals surface area contributed by atoms with E-state index in [-0.39, 0.29) is 5.57 Å². The molecule has 156 valence electrons. The second-order valence-corrected chi connectivity index (χ2v) is 7.50. The number of methoxy groups -OCH3 is 1. The van der Waals surface area contributed by atoms with Crippen molar-refractivity contribution in [1.82, 2.24) is 5.32 Å². The first-order valence-electron chi connectivity index (χ1n) is 9.34. The molecule has 0 radical (unpaired) electrons. The molecule has 1 aliphatic heterocycles. The lowest BCUT2D eigenvalue weighted by Gasteiger charge is -2.26. The van der Waals surface area contributed by atoms with E-state index in [4.69, 9.17) is 9.47 Å². The lowest BCUT2D eigenvalue weighted by Crippen LogP contribution is -2.54. The van der Waals surface area contributed by atoms with Crippen molar-refractivity contribution in [2.75, 3.05) is 18.6 Å². The summed E-state index contributed by atoms with van der Waals surface area (Å²) in [5.74, 6) is -0.392. The number of carbonyl (C=O) groups is 3. The number of benzene rings is 2. The number of carbonyl (C=O) groups excluding carboxylic acids is 3. The van der Waals surface area contributed by atoms with Gasteiger partial charge in [-0.1, -0.05) is 28.9 Å². The fourth-order valence-electron chi connectivity index (χ4n) is 2.93. The normalized spacial score (nSPS) is 15.4. The number of nitrogens with zero attached hydrogens (tertiary/aromatic N) is 1. The molecule has 30 heavy (non-hydrogen) atoms. The Hall–Kier alpha value is -3.13. The second-order valence-electron chi connectivity index (χ2n) is 6.65. The van der Waals surface area contributed by atoms with E-state index < -0.39 is 17.8 Å². The van der Waals surface area contributed by atoms with Crippen molar-refractivity contribution in [3.05, 3.63) is 57.6 Å². The van der Waals surface area contributed by atoms with Gasteiger partial charge in [-0.15, -0.1) is 0 Å². The minimum absolute atomic E-state index is 0.153. The first kappa shape index (κ1) is 21.6. The molecule has 8 heteroatoms. The third kappa shape index (κ3) is 4.38. The van der Waals surface area contributed by atoms with Gasteiger partial charge in [0.2, 0.25) is 0 Å². The van der Waals surface area contributed by atoms with Gasteiger partial charge in [-0.25, -0.2) is 9.69 Å². The maximum absolute atomic E-state index is 13.0. The third-order valence-electron chi connectivity index (χ3n) is 4.46. The van der Waals surface area contributed by atoms with E-state index in [1.165, 1.54) is 13.2 Å². The molecule has 1 heterocycles. The Balaban J connectivity index is 1.97. The van der Waals surface area contributed by atoms with E-state index in [0.717, 1.165) is 21.4 Å². The summed E-state index contributed by atoms with van der Waals surface area (Å²) in [7, 11) is 1.51. The Morgan fingerprint density at radius 2 is 1.87 bits per heavy atom. The fraction of sp³-hybridized carbons (Fsp3) is 0.227. The molecule has 1 aliphatic rings. The van der Waals surface area contributed by atoms with Crippen molar-refractivity contribution in [2.24, 2.45) is 0 Å². The van der Waals surface area contributed by atoms with Crippen LogP contribution in [0, 0.1) is 6.92 Å². The average Bonchev–Trinajstić information content (AvgIpc) is 2.72. The van der Waals surface area contributed by atoms with Gasteiger partial charge in [0.25, 0.3) is 11.8 Å². The maximum Gasteiger partial charge on any atom is 0.335 e. The number of anilines is 1. The van der Waals surface area contributed by atoms with Crippen LogP contribution in [0.5, 0.6) is 11.5 Å². The molecule has 0 aliphatic carbocycles. The minimum atomic E-state index is -0.787. The topological polar surface area (TPSA) is 84.9 Å². The number of barbiturate groups is 1. The predicted molar refractivity (Wildman–Crippen MR) is 117 cm³/mol. The summed E-state index contributed by atoms with van der Waals surface area (Å²) in [6.45, 7) is 4.39. The fourth-order valence-corrected chi connectivity index (χ4v) is 3.18. The summed E-state index contributed by atoms with van der Waals surface area (Å²) in [5, 5.41) is 2.22. The second kappa shape index (κ2) is 9.13. The smallest absolute Gasteiger partial charge is 0.335 e. The molecule has 1 N–H and O–H groups in total. The van der Waals surface area contributed by atoms with Gasteiger partial charge in [-0.3, -0.25) is 14.9 Å². The van der Waals surface area contributed by atoms with Crippen LogP contribution in [0.15, 0.2) is 46.4 Å². The van der Waals surface area contributed by atoms with E-state index in [9.17, 15) is 14.4 Å². The Morgan fingerprint density at radius 3 is 2.53 bits per heavy atom. The molecule has 7 nitrogen and oxygen atoms in total. The van der Waals surface area contributed by atoms with Gasteiger partial charge in [-0.2, -0.15) is 0 Å². The number of rotatable bonds is 6. The SMILES string of the molecule is CCCOc1ccc(/C=C2/C(=O)NC(=O)N(c3ccc(Br)c(C)c3)C2=O)cc1OC. The predicted octanol–water partition coefficient (Wildman–Crippen LogP) is 4.22. The number of amides is 4. The molecule has 0 bridgehead atoms. The highest BCUT2D eigenvalue weighted by Crippen LogP contribution is 2.30. The standard InChI is InChI=1S/C22H21BrN2O5/c1-4-9-30-18-8-5-14(12-19(18)29-3)11-16-20(26)24-22(28)25(21(16)27)15-6-7-17(23)13(2)10-15/h5-8,10-12H,4,9H2,1-3H3,(H,24,26,28)/b16-11-. The molecule has 3 rings (SSSR count). The lowest BCUT2D eigenvalue weighted by molar-refractivity contribution is -0.122. The van der Waals surface area contributed by atoms with Gasteiger partial charge in [0, 0.05) is 4.47 Å².